The second kappa shape index (κ2) is 6.57. The molecule has 0 radical (unpaired) electrons. The van der Waals surface area contributed by atoms with E-state index in [-0.39, 0.29) is 11.9 Å². The average molecular weight is 301 g/mol. The Hall–Kier alpha value is -1.75. The van der Waals surface area contributed by atoms with Crippen LogP contribution in [0.3, 0.4) is 0 Å². The first-order valence-corrected chi connectivity index (χ1v) is 7.50. The van der Waals surface area contributed by atoms with Crippen molar-refractivity contribution in [3.8, 4) is 0 Å². The zero-order valence-electron chi connectivity index (χ0n) is 12.3. The number of hydrogen-bond acceptors (Lipinski definition) is 3. The fourth-order valence-corrected chi connectivity index (χ4v) is 2.76. The molecule has 1 saturated heterocycles. The summed E-state index contributed by atoms with van der Waals surface area (Å²) in [6, 6.07) is 16.3. The van der Waals surface area contributed by atoms with E-state index in [1.54, 1.807) is 12.1 Å². The molecule has 3 nitrogen and oxygen atoms in total. The Morgan fingerprint density at radius 2 is 1.77 bits per heavy atom. The lowest BCUT2D eigenvalue weighted by molar-refractivity contribution is 0.0257. The molecule has 0 unspecified atom stereocenters. The van der Waals surface area contributed by atoms with Crippen LogP contribution in [0.2, 0.25) is 0 Å². The van der Waals surface area contributed by atoms with E-state index < -0.39 is 5.60 Å². The van der Waals surface area contributed by atoms with E-state index in [1.165, 1.54) is 12.1 Å². The summed E-state index contributed by atoms with van der Waals surface area (Å²) in [5.74, 6) is -0.251. The van der Waals surface area contributed by atoms with Gasteiger partial charge in [0.15, 0.2) is 0 Å². The Bertz CT molecular complexity index is 594. The van der Waals surface area contributed by atoms with Crippen LogP contribution in [0.25, 0.3) is 0 Å². The molecule has 0 bridgehead atoms. The molecule has 0 amide bonds. The van der Waals surface area contributed by atoms with E-state index in [2.05, 4.69) is 5.32 Å². The fraction of sp³-hybridized carbons (Fsp3) is 0.333. The van der Waals surface area contributed by atoms with Crippen molar-refractivity contribution in [3.63, 3.8) is 0 Å². The number of hydrogen-bond donors (Lipinski definition) is 2. The van der Waals surface area contributed by atoms with Gasteiger partial charge < -0.3 is 15.2 Å². The number of ether oxygens (including phenoxy) is 1. The second-order valence-electron chi connectivity index (χ2n) is 5.80. The topological polar surface area (TPSA) is 41.5 Å². The zero-order chi connectivity index (χ0) is 15.4. The van der Waals surface area contributed by atoms with E-state index >= 15 is 0 Å². The van der Waals surface area contributed by atoms with Crippen LogP contribution in [0.5, 0.6) is 0 Å². The molecule has 2 N–H and O–H groups in total. The second-order valence-corrected chi connectivity index (χ2v) is 5.80. The maximum atomic E-state index is 13.2. The molecule has 0 aliphatic carbocycles. The lowest BCUT2D eigenvalue weighted by atomic mass is 9.96. The highest BCUT2D eigenvalue weighted by atomic mass is 19.1. The van der Waals surface area contributed by atoms with Gasteiger partial charge in [-0.1, -0.05) is 42.5 Å². The minimum atomic E-state index is -0.826. The van der Waals surface area contributed by atoms with Crippen molar-refractivity contribution in [2.45, 2.75) is 18.1 Å². The van der Waals surface area contributed by atoms with Crippen molar-refractivity contribution in [1.82, 2.24) is 5.32 Å². The van der Waals surface area contributed by atoms with Crippen LogP contribution in [-0.2, 0) is 4.74 Å². The van der Waals surface area contributed by atoms with E-state index in [0.717, 1.165) is 11.1 Å². The Morgan fingerprint density at radius 1 is 1.09 bits per heavy atom. The molecule has 2 aromatic rings. The zero-order valence-corrected chi connectivity index (χ0v) is 12.3. The number of aliphatic hydroxyl groups is 1. The Balaban J connectivity index is 1.81. The van der Waals surface area contributed by atoms with Crippen LogP contribution < -0.4 is 5.32 Å². The van der Waals surface area contributed by atoms with Gasteiger partial charge in [-0.05, 0) is 23.3 Å². The van der Waals surface area contributed by atoms with Crippen LogP contribution in [0.1, 0.15) is 23.6 Å². The Kier molecular flexibility index (Phi) is 4.52. The minimum absolute atomic E-state index is 0.0913. The third kappa shape index (κ3) is 3.53. The van der Waals surface area contributed by atoms with Crippen molar-refractivity contribution in [1.29, 1.82) is 0 Å². The minimum Gasteiger partial charge on any atom is -0.386 e. The van der Waals surface area contributed by atoms with Crippen molar-refractivity contribution in [3.05, 3.63) is 71.5 Å². The molecule has 4 heteroatoms. The molecular weight excluding hydrogens is 281 g/mol. The van der Waals surface area contributed by atoms with E-state index in [4.69, 9.17) is 4.74 Å². The molecule has 3 rings (SSSR count). The highest BCUT2D eigenvalue weighted by Gasteiger charge is 2.32. The monoisotopic (exact) mass is 301 g/mol. The van der Waals surface area contributed by atoms with Crippen LogP contribution in [0, 0.1) is 5.82 Å². The molecule has 22 heavy (non-hydrogen) atoms. The number of halogens is 1. The summed E-state index contributed by atoms with van der Waals surface area (Å²) in [5, 5.41) is 13.8. The highest BCUT2D eigenvalue weighted by Crippen LogP contribution is 2.24. The summed E-state index contributed by atoms with van der Waals surface area (Å²) in [6.45, 7) is 1.37. The van der Waals surface area contributed by atoms with Gasteiger partial charge >= 0.3 is 0 Å². The van der Waals surface area contributed by atoms with Crippen LogP contribution >= 0.6 is 0 Å². The molecule has 0 aromatic heterocycles. The maximum absolute atomic E-state index is 13.2. The summed E-state index contributed by atoms with van der Waals surface area (Å²) in [6.07, 6.45) is 0.630. The Morgan fingerprint density at radius 3 is 2.41 bits per heavy atom. The van der Waals surface area contributed by atoms with E-state index in [1.807, 2.05) is 30.3 Å². The molecule has 1 heterocycles. The average Bonchev–Trinajstić information content (AvgIpc) is 2.97. The molecule has 1 aliphatic heterocycles. The summed E-state index contributed by atoms with van der Waals surface area (Å²) in [5.41, 5.74) is 1.22. The molecule has 116 valence electrons. The first-order chi connectivity index (χ1) is 10.7. The van der Waals surface area contributed by atoms with Gasteiger partial charge in [-0.3, -0.25) is 0 Å². The summed E-state index contributed by atoms with van der Waals surface area (Å²) >= 11 is 0. The van der Waals surface area contributed by atoms with Gasteiger partial charge in [0.1, 0.15) is 11.4 Å². The molecule has 2 aromatic carbocycles. The van der Waals surface area contributed by atoms with Gasteiger partial charge in [0.2, 0.25) is 0 Å². The predicted molar refractivity (Wildman–Crippen MR) is 83.1 cm³/mol. The highest BCUT2D eigenvalue weighted by molar-refractivity contribution is 5.31. The molecular formula is C18H20FNO2. The van der Waals surface area contributed by atoms with Crippen molar-refractivity contribution >= 4 is 0 Å². The molecule has 2 atom stereocenters. The number of rotatable bonds is 5. The van der Waals surface area contributed by atoms with Crippen LogP contribution in [-0.4, -0.2) is 30.5 Å². The van der Waals surface area contributed by atoms with Gasteiger partial charge in [-0.2, -0.15) is 0 Å². The smallest absolute Gasteiger partial charge is 0.123 e. The van der Waals surface area contributed by atoms with Crippen molar-refractivity contribution < 1.29 is 14.2 Å². The lowest BCUT2D eigenvalue weighted by Crippen LogP contribution is -2.42. The van der Waals surface area contributed by atoms with Crippen LogP contribution in [0.4, 0.5) is 4.39 Å². The van der Waals surface area contributed by atoms with Crippen LogP contribution in [0.15, 0.2) is 54.6 Å². The standard InChI is InChI=1S/C18H20FNO2/c19-16-8-6-15(7-9-16)17(14-4-2-1-3-5-14)20-12-18(21)10-11-22-13-18/h1-9,17,20-21H,10-13H2/t17-,18-/m1/s1. The van der Waals surface area contributed by atoms with Gasteiger partial charge in [-0.15, -0.1) is 0 Å². The molecule has 0 spiro atoms. The first kappa shape index (κ1) is 15.2. The predicted octanol–water partition coefficient (Wildman–Crippen LogP) is 2.66. The molecule has 0 saturated carbocycles. The lowest BCUT2D eigenvalue weighted by Gasteiger charge is -2.26. The fourth-order valence-electron chi connectivity index (χ4n) is 2.76. The summed E-state index contributed by atoms with van der Waals surface area (Å²) < 4.78 is 18.4. The van der Waals surface area contributed by atoms with Crippen molar-refractivity contribution in [2.24, 2.45) is 0 Å². The van der Waals surface area contributed by atoms with Gasteiger partial charge in [0.05, 0.1) is 12.6 Å². The molecule has 1 fully saturated rings. The van der Waals surface area contributed by atoms with E-state index in [9.17, 15) is 9.50 Å². The SMILES string of the molecule is O[C@@]1(CN[C@H](c2ccccc2)c2ccc(F)cc2)CCOC1. The number of benzene rings is 2. The van der Waals surface area contributed by atoms with E-state index in [0.29, 0.717) is 26.2 Å². The third-order valence-electron chi connectivity index (χ3n) is 4.05. The Labute approximate surface area is 129 Å². The largest absolute Gasteiger partial charge is 0.386 e. The molecule has 1 aliphatic rings. The quantitative estimate of drug-likeness (QED) is 0.892. The van der Waals surface area contributed by atoms with Gasteiger partial charge in [0, 0.05) is 19.6 Å². The maximum Gasteiger partial charge on any atom is 0.123 e. The van der Waals surface area contributed by atoms with Gasteiger partial charge in [-0.25, -0.2) is 4.39 Å². The van der Waals surface area contributed by atoms with Crippen molar-refractivity contribution in [2.75, 3.05) is 19.8 Å². The summed E-state index contributed by atoms with van der Waals surface area (Å²) in [4.78, 5) is 0. The normalized spacial score (nSPS) is 22.6. The third-order valence-corrected chi connectivity index (χ3v) is 4.05. The van der Waals surface area contributed by atoms with Gasteiger partial charge in [0.25, 0.3) is 0 Å². The first-order valence-electron chi connectivity index (χ1n) is 7.50. The number of nitrogens with one attached hydrogen (secondary N) is 1. The summed E-state index contributed by atoms with van der Waals surface area (Å²) in [7, 11) is 0.